The molecular formula is C18H18Cl2N2O3. The van der Waals surface area contributed by atoms with Crippen LogP contribution in [0.4, 0.5) is 5.69 Å². The van der Waals surface area contributed by atoms with Gasteiger partial charge < -0.3 is 14.8 Å². The molecule has 0 aromatic heterocycles. The van der Waals surface area contributed by atoms with Crippen LogP contribution >= 0.6 is 23.2 Å². The molecule has 0 saturated carbocycles. The summed E-state index contributed by atoms with van der Waals surface area (Å²) in [6.45, 7) is 1.18. The molecule has 0 fully saturated rings. The minimum absolute atomic E-state index is 0.142. The van der Waals surface area contributed by atoms with Gasteiger partial charge in [0, 0.05) is 6.54 Å². The van der Waals surface area contributed by atoms with Crippen LogP contribution in [0.1, 0.15) is 0 Å². The number of benzene rings is 2. The lowest BCUT2D eigenvalue weighted by molar-refractivity contribution is -0.117. The predicted molar refractivity (Wildman–Crippen MR) is 98.9 cm³/mol. The summed E-state index contributed by atoms with van der Waals surface area (Å²) < 4.78 is 11.6. The van der Waals surface area contributed by atoms with Crippen molar-refractivity contribution in [3.05, 3.63) is 52.5 Å². The summed E-state index contributed by atoms with van der Waals surface area (Å²) in [5.74, 6) is 1.27. The number of likely N-dealkylation sites (N-methyl/N-ethyl adjacent to an activating group) is 1. The van der Waals surface area contributed by atoms with Crippen LogP contribution in [0.2, 0.25) is 10.0 Å². The number of para-hydroxylation sites is 3. The standard InChI is InChI=1S/C18H18Cl2N2O3/c1-22(9-12-11-24-15-7-2-3-8-16(15)25-12)10-17(23)21-18-13(19)5-4-6-14(18)20/h2-8,12H,9-11H2,1H3,(H,21,23)/t12-/m0/s1. The average molecular weight is 381 g/mol. The van der Waals surface area contributed by atoms with Crippen molar-refractivity contribution in [3.63, 3.8) is 0 Å². The Hall–Kier alpha value is -1.95. The molecule has 3 rings (SSSR count). The molecule has 1 heterocycles. The molecule has 2 aromatic rings. The normalized spacial score (nSPS) is 15.9. The second-order valence-electron chi connectivity index (χ2n) is 5.84. The molecule has 0 aliphatic carbocycles. The minimum Gasteiger partial charge on any atom is -0.486 e. The van der Waals surface area contributed by atoms with E-state index in [1.54, 1.807) is 18.2 Å². The zero-order valence-corrected chi connectivity index (χ0v) is 15.2. The number of halogens is 2. The van der Waals surface area contributed by atoms with Gasteiger partial charge in [0.1, 0.15) is 12.7 Å². The number of ether oxygens (including phenoxy) is 2. The maximum Gasteiger partial charge on any atom is 0.238 e. The molecular weight excluding hydrogens is 363 g/mol. The highest BCUT2D eigenvalue weighted by Gasteiger charge is 2.22. The van der Waals surface area contributed by atoms with Gasteiger partial charge in [0.05, 0.1) is 22.3 Å². The first-order chi connectivity index (χ1) is 12.0. The second-order valence-corrected chi connectivity index (χ2v) is 6.65. The third-order valence-corrected chi connectivity index (χ3v) is 4.35. The van der Waals surface area contributed by atoms with Gasteiger partial charge in [0.2, 0.25) is 5.91 Å². The number of carbonyl (C=O) groups is 1. The van der Waals surface area contributed by atoms with Crippen LogP contribution in [0.15, 0.2) is 42.5 Å². The molecule has 5 nitrogen and oxygen atoms in total. The summed E-state index contributed by atoms with van der Waals surface area (Å²) in [4.78, 5) is 14.1. The van der Waals surface area contributed by atoms with E-state index in [-0.39, 0.29) is 18.6 Å². The van der Waals surface area contributed by atoms with Crippen molar-refractivity contribution in [1.82, 2.24) is 4.90 Å². The third-order valence-electron chi connectivity index (χ3n) is 3.72. The number of hydrogen-bond acceptors (Lipinski definition) is 4. The van der Waals surface area contributed by atoms with Crippen LogP contribution < -0.4 is 14.8 Å². The number of nitrogens with zero attached hydrogens (tertiary/aromatic N) is 1. The summed E-state index contributed by atoms with van der Waals surface area (Å²) >= 11 is 12.1. The molecule has 1 atom stereocenters. The van der Waals surface area contributed by atoms with Gasteiger partial charge in [-0.1, -0.05) is 41.4 Å². The Labute approximate surface area is 156 Å². The fraction of sp³-hybridized carbons (Fsp3) is 0.278. The molecule has 2 aromatic carbocycles. The number of rotatable bonds is 5. The number of nitrogens with one attached hydrogen (secondary N) is 1. The molecule has 1 amide bonds. The van der Waals surface area contributed by atoms with Gasteiger partial charge in [-0.05, 0) is 31.3 Å². The highest BCUT2D eigenvalue weighted by Crippen LogP contribution is 2.31. The first-order valence-electron chi connectivity index (χ1n) is 7.84. The van der Waals surface area contributed by atoms with Crippen molar-refractivity contribution >= 4 is 34.8 Å². The summed E-state index contributed by atoms with van der Waals surface area (Å²) in [6.07, 6.45) is -0.142. The molecule has 0 radical (unpaired) electrons. The van der Waals surface area contributed by atoms with Crippen molar-refractivity contribution < 1.29 is 14.3 Å². The Balaban J connectivity index is 1.53. The van der Waals surface area contributed by atoms with Gasteiger partial charge in [-0.25, -0.2) is 0 Å². The van der Waals surface area contributed by atoms with E-state index in [9.17, 15) is 4.79 Å². The van der Waals surface area contributed by atoms with Gasteiger partial charge in [-0.15, -0.1) is 0 Å². The second kappa shape index (κ2) is 7.95. The van der Waals surface area contributed by atoms with Crippen molar-refractivity contribution in [1.29, 1.82) is 0 Å². The van der Waals surface area contributed by atoms with Gasteiger partial charge in [0.15, 0.2) is 11.5 Å². The van der Waals surface area contributed by atoms with Gasteiger partial charge in [0.25, 0.3) is 0 Å². The molecule has 132 valence electrons. The number of fused-ring (bicyclic) bond motifs is 1. The molecule has 0 saturated heterocycles. The summed E-state index contributed by atoms with van der Waals surface area (Å²) in [5.41, 5.74) is 0.426. The van der Waals surface area contributed by atoms with E-state index in [0.717, 1.165) is 11.5 Å². The maximum absolute atomic E-state index is 12.2. The topological polar surface area (TPSA) is 50.8 Å². The fourth-order valence-electron chi connectivity index (χ4n) is 2.61. The Morgan fingerprint density at radius 1 is 1.16 bits per heavy atom. The third kappa shape index (κ3) is 4.57. The lowest BCUT2D eigenvalue weighted by Gasteiger charge is -2.29. The fourth-order valence-corrected chi connectivity index (χ4v) is 3.10. The Morgan fingerprint density at radius 2 is 1.84 bits per heavy atom. The molecule has 1 aliphatic heterocycles. The Kier molecular flexibility index (Phi) is 5.68. The molecule has 0 spiro atoms. The number of anilines is 1. The van der Waals surface area contributed by atoms with Crippen LogP contribution in [0.3, 0.4) is 0 Å². The highest BCUT2D eigenvalue weighted by molar-refractivity contribution is 6.39. The van der Waals surface area contributed by atoms with E-state index in [1.807, 2.05) is 36.2 Å². The quantitative estimate of drug-likeness (QED) is 0.858. The van der Waals surface area contributed by atoms with E-state index >= 15 is 0 Å². The van der Waals surface area contributed by atoms with Crippen molar-refractivity contribution in [2.45, 2.75) is 6.10 Å². The minimum atomic E-state index is -0.199. The van der Waals surface area contributed by atoms with Crippen molar-refractivity contribution in [2.75, 3.05) is 32.1 Å². The van der Waals surface area contributed by atoms with E-state index in [0.29, 0.717) is 28.9 Å². The Morgan fingerprint density at radius 3 is 2.56 bits per heavy atom. The summed E-state index contributed by atoms with van der Waals surface area (Å²) in [7, 11) is 1.84. The zero-order chi connectivity index (χ0) is 17.8. The maximum atomic E-state index is 12.2. The van der Waals surface area contributed by atoms with Gasteiger partial charge >= 0.3 is 0 Å². The first kappa shape index (κ1) is 17.9. The SMILES string of the molecule is CN(CC(=O)Nc1c(Cl)cccc1Cl)C[C@H]1COc2ccccc2O1. The molecule has 25 heavy (non-hydrogen) atoms. The molecule has 1 aliphatic rings. The number of amides is 1. The largest absolute Gasteiger partial charge is 0.486 e. The molecule has 7 heteroatoms. The van der Waals surface area contributed by atoms with Crippen molar-refractivity contribution in [3.8, 4) is 11.5 Å². The monoisotopic (exact) mass is 380 g/mol. The highest BCUT2D eigenvalue weighted by atomic mass is 35.5. The zero-order valence-electron chi connectivity index (χ0n) is 13.7. The van der Waals surface area contributed by atoms with Gasteiger partial charge in [-0.2, -0.15) is 0 Å². The van der Waals surface area contributed by atoms with E-state index in [4.69, 9.17) is 32.7 Å². The molecule has 1 N–H and O–H groups in total. The number of hydrogen-bond donors (Lipinski definition) is 1. The van der Waals surface area contributed by atoms with Crippen LogP contribution in [0, 0.1) is 0 Å². The van der Waals surface area contributed by atoms with E-state index in [2.05, 4.69) is 5.32 Å². The van der Waals surface area contributed by atoms with Crippen LogP contribution in [-0.2, 0) is 4.79 Å². The smallest absolute Gasteiger partial charge is 0.238 e. The van der Waals surface area contributed by atoms with Crippen LogP contribution in [0.25, 0.3) is 0 Å². The number of carbonyl (C=O) groups excluding carboxylic acids is 1. The predicted octanol–water partition coefficient (Wildman–Crippen LogP) is 3.70. The van der Waals surface area contributed by atoms with Crippen LogP contribution in [0.5, 0.6) is 11.5 Å². The van der Waals surface area contributed by atoms with E-state index < -0.39 is 0 Å². The molecule has 0 unspecified atom stereocenters. The molecule has 0 bridgehead atoms. The van der Waals surface area contributed by atoms with Crippen LogP contribution in [-0.4, -0.2) is 43.7 Å². The van der Waals surface area contributed by atoms with Gasteiger partial charge in [-0.3, -0.25) is 9.69 Å². The van der Waals surface area contributed by atoms with E-state index in [1.165, 1.54) is 0 Å². The summed E-state index contributed by atoms with van der Waals surface area (Å²) in [5, 5.41) is 3.56. The summed E-state index contributed by atoms with van der Waals surface area (Å²) in [6, 6.07) is 12.6. The van der Waals surface area contributed by atoms with Crippen molar-refractivity contribution in [2.24, 2.45) is 0 Å². The average Bonchev–Trinajstić information content (AvgIpc) is 2.58. The first-order valence-corrected chi connectivity index (χ1v) is 8.59. The Bertz CT molecular complexity index is 749. The lowest BCUT2D eigenvalue weighted by atomic mass is 10.2. The lowest BCUT2D eigenvalue weighted by Crippen LogP contribution is -2.42.